The summed E-state index contributed by atoms with van der Waals surface area (Å²) in [5.41, 5.74) is 2.83. The predicted molar refractivity (Wildman–Crippen MR) is 95.7 cm³/mol. The van der Waals surface area contributed by atoms with Crippen molar-refractivity contribution in [3.8, 4) is 0 Å². The summed E-state index contributed by atoms with van der Waals surface area (Å²) in [6.45, 7) is 7.81. The molecule has 1 fully saturated rings. The minimum atomic E-state index is -0.340. The molecule has 7 heteroatoms. The maximum absolute atomic E-state index is 11.6. The van der Waals surface area contributed by atoms with Gasteiger partial charge in [0, 0.05) is 44.1 Å². The van der Waals surface area contributed by atoms with Gasteiger partial charge in [-0.2, -0.15) is 5.10 Å². The Balaban J connectivity index is 1.71. The Bertz CT molecular complexity index is 755. The number of aromatic amines is 1. The summed E-state index contributed by atoms with van der Waals surface area (Å²) in [4.78, 5) is 20.7. The Morgan fingerprint density at radius 3 is 2.79 bits per heavy atom. The number of pyridine rings is 1. The quantitative estimate of drug-likeness (QED) is 0.919. The van der Waals surface area contributed by atoms with E-state index in [9.17, 15) is 4.79 Å². The van der Waals surface area contributed by atoms with E-state index in [1.54, 1.807) is 6.20 Å². The SMILES string of the molecule is CCc1ncccc1C(C)N1CCN(c2cn[nH]c(=O)c2Cl)CC1. The van der Waals surface area contributed by atoms with Crippen molar-refractivity contribution in [2.24, 2.45) is 0 Å². The van der Waals surface area contributed by atoms with Gasteiger partial charge in [-0.05, 0) is 25.0 Å². The first-order chi connectivity index (χ1) is 11.6. The molecule has 0 aromatic carbocycles. The topological polar surface area (TPSA) is 65.1 Å². The van der Waals surface area contributed by atoms with E-state index in [1.165, 1.54) is 5.56 Å². The highest BCUT2D eigenvalue weighted by Crippen LogP contribution is 2.27. The molecule has 3 rings (SSSR count). The van der Waals surface area contributed by atoms with Gasteiger partial charge in [0.2, 0.25) is 0 Å². The molecule has 1 unspecified atom stereocenters. The minimum absolute atomic E-state index is 0.215. The van der Waals surface area contributed by atoms with Crippen LogP contribution in [-0.2, 0) is 6.42 Å². The van der Waals surface area contributed by atoms with Gasteiger partial charge in [0.1, 0.15) is 5.02 Å². The van der Waals surface area contributed by atoms with E-state index in [1.807, 2.05) is 12.3 Å². The lowest BCUT2D eigenvalue weighted by molar-refractivity contribution is 0.197. The Morgan fingerprint density at radius 2 is 2.08 bits per heavy atom. The highest BCUT2D eigenvalue weighted by molar-refractivity contribution is 6.32. The number of aryl methyl sites for hydroxylation is 1. The Hall–Kier alpha value is -1.92. The van der Waals surface area contributed by atoms with Gasteiger partial charge in [0.05, 0.1) is 11.9 Å². The summed E-state index contributed by atoms with van der Waals surface area (Å²) < 4.78 is 0. The zero-order valence-corrected chi connectivity index (χ0v) is 14.8. The third kappa shape index (κ3) is 3.30. The molecule has 2 aromatic heterocycles. The number of hydrogen-bond donors (Lipinski definition) is 1. The van der Waals surface area contributed by atoms with Gasteiger partial charge in [-0.25, -0.2) is 5.10 Å². The van der Waals surface area contributed by atoms with Crippen molar-refractivity contribution in [1.29, 1.82) is 0 Å². The van der Waals surface area contributed by atoms with E-state index < -0.39 is 0 Å². The maximum Gasteiger partial charge on any atom is 0.285 e. The summed E-state index contributed by atoms with van der Waals surface area (Å²) in [5.74, 6) is 0. The Morgan fingerprint density at radius 1 is 1.33 bits per heavy atom. The lowest BCUT2D eigenvalue weighted by Gasteiger charge is -2.39. The molecule has 0 saturated carbocycles. The third-order valence-electron chi connectivity index (χ3n) is 4.69. The zero-order valence-electron chi connectivity index (χ0n) is 14.0. The van der Waals surface area contributed by atoms with Crippen LogP contribution in [0.1, 0.15) is 31.1 Å². The van der Waals surface area contributed by atoms with Crippen LogP contribution in [0.5, 0.6) is 0 Å². The van der Waals surface area contributed by atoms with Gasteiger partial charge in [0.15, 0.2) is 0 Å². The van der Waals surface area contributed by atoms with Crippen LogP contribution in [0.25, 0.3) is 0 Å². The molecule has 1 saturated heterocycles. The molecular formula is C17H22ClN5O. The van der Waals surface area contributed by atoms with Gasteiger partial charge in [0.25, 0.3) is 5.56 Å². The molecule has 6 nitrogen and oxygen atoms in total. The molecule has 1 aliphatic heterocycles. The molecule has 2 aromatic rings. The standard InChI is InChI=1S/C17H22ClN5O/c1-3-14-13(5-4-6-19-14)12(2)22-7-9-23(10-8-22)15-11-20-21-17(24)16(15)18/h4-6,11-12H,3,7-10H2,1-2H3,(H,21,24). The van der Waals surface area contributed by atoms with Crippen molar-refractivity contribution in [3.63, 3.8) is 0 Å². The second kappa shape index (κ2) is 7.32. The number of anilines is 1. The van der Waals surface area contributed by atoms with Crippen molar-refractivity contribution in [3.05, 3.63) is 51.2 Å². The molecule has 128 valence electrons. The van der Waals surface area contributed by atoms with Crippen LogP contribution in [0.3, 0.4) is 0 Å². The van der Waals surface area contributed by atoms with Crippen LogP contribution in [-0.4, -0.2) is 46.3 Å². The number of hydrogen-bond acceptors (Lipinski definition) is 5. The number of rotatable bonds is 4. The largest absolute Gasteiger partial charge is 0.366 e. The summed E-state index contributed by atoms with van der Waals surface area (Å²) in [5, 5.41) is 6.43. The Kier molecular flexibility index (Phi) is 5.16. The first kappa shape index (κ1) is 16.9. The lowest BCUT2D eigenvalue weighted by atomic mass is 10.0. The van der Waals surface area contributed by atoms with Crippen LogP contribution >= 0.6 is 11.6 Å². The lowest BCUT2D eigenvalue weighted by Crippen LogP contribution is -2.47. The molecule has 0 spiro atoms. The van der Waals surface area contributed by atoms with Crippen LogP contribution in [0.4, 0.5) is 5.69 Å². The minimum Gasteiger partial charge on any atom is -0.366 e. The number of nitrogens with zero attached hydrogens (tertiary/aromatic N) is 4. The number of piperazine rings is 1. The molecular weight excluding hydrogens is 326 g/mol. The van der Waals surface area contributed by atoms with Gasteiger partial charge in [-0.15, -0.1) is 0 Å². The van der Waals surface area contributed by atoms with Gasteiger partial charge >= 0.3 is 0 Å². The third-order valence-corrected chi connectivity index (χ3v) is 5.06. The van der Waals surface area contributed by atoms with Crippen molar-refractivity contribution in [2.45, 2.75) is 26.3 Å². The maximum atomic E-state index is 11.6. The first-order valence-corrected chi connectivity index (χ1v) is 8.65. The van der Waals surface area contributed by atoms with Gasteiger partial charge < -0.3 is 4.90 Å². The zero-order chi connectivity index (χ0) is 17.1. The molecule has 1 N–H and O–H groups in total. The van der Waals surface area contributed by atoms with Gasteiger partial charge in [-0.1, -0.05) is 24.6 Å². The number of aromatic nitrogens is 3. The van der Waals surface area contributed by atoms with E-state index in [4.69, 9.17) is 11.6 Å². The normalized spacial score (nSPS) is 17.0. The van der Waals surface area contributed by atoms with Crippen molar-refractivity contribution in [2.75, 3.05) is 31.1 Å². The molecule has 1 aliphatic rings. The Labute approximate surface area is 146 Å². The fourth-order valence-electron chi connectivity index (χ4n) is 3.27. The number of H-pyrrole nitrogens is 1. The molecule has 0 bridgehead atoms. The molecule has 0 aliphatic carbocycles. The molecule has 0 amide bonds. The monoisotopic (exact) mass is 347 g/mol. The van der Waals surface area contributed by atoms with E-state index in [2.05, 4.69) is 44.9 Å². The van der Waals surface area contributed by atoms with E-state index in [-0.39, 0.29) is 10.6 Å². The van der Waals surface area contributed by atoms with Crippen LogP contribution < -0.4 is 10.5 Å². The fraction of sp³-hybridized carbons (Fsp3) is 0.471. The highest BCUT2D eigenvalue weighted by atomic mass is 35.5. The first-order valence-electron chi connectivity index (χ1n) is 8.27. The van der Waals surface area contributed by atoms with Crippen molar-refractivity contribution >= 4 is 17.3 Å². The molecule has 24 heavy (non-hydrogen) atoms. The summed E-state index contributed by atoms with van der Waals surface area (Å²) in [6.07, 6.45) is 4.42. The van der Waals surface area contributed by atoms with E-state index >= 15 is 0 Å². The second-order valence-electron chi connectivity index (χ2n) is 5.99. The number of halogens is 1. The van der Waals surface area contributed by atoms with E-state index in [0.717, 1.165) is 38.3 Å². The van der Waals surface area contributed by atoms with E-state index in [0.29, 0.717) is 11.7 Å². The molecule has 3 heterocycles. The smallest absolute Gasteiger partial charge is 0.285 e. The average molecular weight is 348 g/mol. The van der Waals surface area contributed by atoms with Gasteiger partial charge in [-0.3, -0.25) is 14.7 Å². The van der Waals surface area contributed by atoms with Crippen molar-refractivity contribution in [1.82, 2.24) is 20.1 Å². The van der Waals surface area contributed by atoms with Crippen LogP contribution in [0, 0.1) is 0 Å². The number of nitrogens with one attached hydrogen (secondary N) is 1. The summed E-state index contributed by atoms with van der Waals surface area (Å²) in [6, 6.07) is 4.49. The summed E-state index contributed by atoms with van der Waals surface area (Å²) >= 11 is 6.11. The average Bonchev–Trinajstić information content (AvgIpc) is 2.63. The summed E-state index contributed by atoms with van der Waals surface area (Å²) in [7, 11) is 0. The van der Waals surface area contributed by atoms with Crippen molar-refractivity contribution < 1.29 is 0 Å². The molecule has 0 radical (unpaired) electrons. The van der Waals surface area contributed by atoms with Crippen LogP contribution in [0.15, 0.2) is 29.3 Å². The molecule has 1 atom stereocenters. The highest BCUT2D eigenvalue weighted by Gasteiger charge is 2.25. The fourth-order valence-corrected chi connectivity index (χ4v) is 3.48. The predicted octanol–water partition coefficient (Wildman–Crippen LogP) is 2.26. The van der Waals surface area contributed by atoms with Crippen LogP contribution in [0.2, 0.25) is 5.02 Å². The second-order valence-corrected chi connectivity index (χ2v) is 6.37.